The first-order valence-corrected chi connectivity index (χ1v) is 15.6. The summed E-state index contributed by atoms with van der Waals surface area (Å²) in [5, 5.41) is 3.21. The normalized spacial score (nSPS) is 24.2. The predicted molar refractivity (Wildman–Crippen MR) is 153 cm³/mol. The molecule has 42 heavy (non-hydrogen) atoms. The van der Waals surface area contributed by atoms with Crippen LogP contribution in [0.25, 0.3) is 10.1 Å². The zero-order chi connectivity index (χ0) is 31.1. The molecule has 1 fully saturated rings. The van der Waals surface area contributed by atoms with Gasteiger partial charge >= 0.3 is 10.2 Å². The van der Waals surface area contributed by atoms with Crippen molar-refractivity contribution in [2.45, 2.75) is 42.3 Å². The number of hydrogen-bond acceptors (Lipinski definition) is 7. The van der Waals surface area contributed by atoms with Crippen LogP contribution in [0.4, 0.5) is 25.1 Å². The van der Waals surface area contributed by atoms with Crippen LogP contribution >= 0.6 is 21.6 Å². The summed E-state index contributed by atoms with van der Waals surface area (Å²) in [4.78, 5) is 39.1. The molecule has 15 heteroatoms. The largest absolute Gasteiger partial charge is 0.398 e. The number of rotatable bonds is 5. The molecular formula is C27H28F5N5O3S2. The first kappa shape index (κ1) is 29.9. The third-order valence-corrected chi connectivity index (χ3v) is 10.2. The second-order valence-electron chi connectivity index (χ2n) is 10.6. The fourth-order valence-electron chi connectivity index (χ4n) is 5.82. The van der Waals surface area contributed by atoms with Gasteiger partial charge in [-0.2, -0.15) is 0 Å². The van der Waals surface area contributed by atoms with E-state index in [9.17, 15) is 33.8 Å². The summed E-state index contributed by atoms with van der Waals surface area (Å²) in [7, 11) is -10.0. The van der Waals surface area contributed by atoms with Gasteiger partial charge in [0.1, 0.15) is 10.4 Å². The molecule has 5 rings (SSSR count). The Morgan fingerprint density at radius 1 is 1.17 bits per heavy atom. The molecule has 7 N–H and O–H groups in total. The van der Waals surface area contributed by atoms with Gasteiger partial charge in [0.2, 0.25) is 5.91 Å². The molecule has 3 atom stereocenters. The van der Waals surface area contributed by atoms with Gasteiger partial charge in [0.25, 0.3) is 5.91 Å². The number of ketones is 1. The molecule has 8 nitrogen and oxygen atoms in total. The number of halogens is 5. The number of Topliss-reactive ketones (excluding diaryl/α,β-unsaturated/α-hetero) is 1. The Morgan fingerprint density at radius 2 is 1.83 bits per heavy atom. The van der Waals surface area contributed by atoms with Crippen molar-refractivity contribution in [1.29, 1.82) is 0 Å². The fourth-order valence-corrected chi connectivity index (χ4v) is 7.75. The first-order chi connectivity index (χ1) is 19.3. The Kier molecular flexibility index (Phi) is 6.41. The molecule has 2 amide bonds. The number of carbonyl (C=O) groups excluding carboxylic acids is 3. The van der Waals surface area contributed by atoms with Gasteiger partial charge in [-0.3, -0.25) is 14.4 Å². The second-order valence-corrected chi connectivity index (χ2v) is 14.1. The van der Waals surface area contributed by atoms with Gasteiger partial charge in [0, 0.05) is 35.8 Å². The number of aryl methyl sites for hydroxylation is 1. The number of carbonyl (C=O) groups is 3. The number of nitrogens with two attached hydrogens (primary N) is 3. The number of hydrogen-bond donors (Lipinski definition) is 4. The summed E-state index contributed by atoms with van der Waals surface area (Å²) in [6.45, 7) is 5.42. The molecule has 0 saturated carbocycles. The van der Waals surface area contributed by atoms with Gasteiger partial charge in [-0.15, -0.1) is 11.3 Å². The summed E-state index contributed by atoms with van der Waals surface area (Å²) >= 11 is 0.983. The minimum atomic E-state index is -10.0. The van der Waals surface area contributed by atoms with Crippen LogP contribution in [0.2, 0.25) is 0 Å². The SMILES string of the molecule is C=CC(=O)N1CCCC(NC(=O)c2sc3c(N)ccc4c3c2C(N)C(=O)C4(N)c2ccc(S(F)(F)(F)(F)F)cc2C)C1. The van der Waals surface area contributed by atoms with Crippen molar-refractivity contribution in [1.82, 2.24) is 10.2 Å². The number of nitrogen functional groups attached to an aromatic ring is 1. The highest BCUT2D eigenvalue weighted by molar-refractivity contribution is 8.45. The summed E-state index contributed by atoms with van der Waals surface area (Å²) in [5.74, 6) is -1.64. The molecule has 1 aliphatic heterocycles. The van der Waals surface area contributed by atoms with E-state index in [2.05, 4.69) is 11.9 Å². The van der Waals surface area contributed by atoms with E-state index in [1.165, 1.54) is 18.2 Å². The molecule has 3 unspecified atom stereocenters. The lowest BCUT2D eigenvalue weighted by molar-refractivity contribution is -0.127. The van der Waals surface area contributed by atoms with Crippen molar-refractivity contribution in [3.05, 3.63) is 70.1 Å². The van der Waals surface area contributed by atoms with Gasteiger partial charge in [-0.05, 0) is 60.7 Å². The Balaban J connectivity index is 1.62. The van der Waals surface area contributed by atoms with Gasteiger partial charge in [-0.25, -0.2) is 0 Å². The van der Waals surface area contributed by atoms with Gasteiger partial charge in [-0.1, -0.05) is 38.1 Å². The third kappa shape index (κ3) is 4.73. The number of nitrogens with zero attached hydrogens (tertiary/aromatic N) is 1. The number of benzene rings is 2. The molecule has 1 aliphatic carbocycles. The molecule has 2 aromatic carbocycles. The quantitative estimate of drug-likeness (QED) is 0.175. The Labute approximate surface area is 241 Å². The molecule has 1 aromatic heterocycles. The lowest BCUT2D eigenvalue weighted by atomic mass is 9.69. The smallest absolute Gasteiger partial charge is 0.310 e. The van der Waals surface area contributed by atoms with Crippen LogP contribution in [-0.2, 0) is 15.1 Å². The van der Waals surface area contributed by atoms with Crippen molar-refractivity contribution < 1.29 is 33.8 Å². The minimum absolute atomic E-state index is 0.104. The van der Waals surface area contributed by atoms with Crippen LogP contribution in [0.5, 0.6) is 0 Å². The Morgan fingerprint density at radius 3 is 2.45 bits per heavy atom. The van der Waals surface area contributed by atoms with Crippen LogP contribution in [-0.4, -0.2) is 41.6 Å². The highest BCUT2D eigenvalue weighted by Gasteiger charge is 2.65. The van der Waals surface area contributed by atoms with Gasteiger partial charge in [0.05, 0.1) is 15.6 Å². The molecule has 226 valence electrons. The van der Waals surface area contributed by atoms with E-state index in [1.54, 1.807) is 4.90 Å². The van der Waals surface area contributed by atoms with Crippen molar-refractivity contribution in [3.8, 4) is 0 Å². The molecular weight excluding hydrogens is 601 g/mol. The predicted octanol–water partition coefficient (Wildman–Crippen LogP) is 5.14. The average molecular weight is 630 g/mol. The van der Waals surface area contributed by atoms with E-state index in [4.69, 9.17) is 17.2 Å². The minimum Gasteiger partial charge on any atom is -0.398 e. The van der Waals surface area contributed by atoms with Crippen molar-refractivity contribution in [2.24, 2.45) is 11.5 Å². The van der Waals surface area contributed by atoms with E-state index < -0.39 is 38.4 Å². The number of nitrogens with one attached hydrogen (secondary N) is 1. The van der Waals surface area contributed by atoms with Crippen LogP contribution < -0.4 is 22.5 Å². The fraction of sp³-hybridized carbons (Fsp3) is 0.296. The lowest BCUT2D eigenvalue weighted by Gasteiger charge is -2.42. The van der Waals surface area contributed by atoms with E-state index in [1.807, 2.05) is 0 Å². The topological polar surface area (TPSA) is 145 Å². The number of likely N-dealkylation sites (tertiary alicyclic amines) is 1. The highest BCUT2D eigenvalue weighted by atomic mass is 32.5. The van der Waals surface area contributed by atoms with Crippen LogP contribution in [0, 0.1) is 6.92 Å². The maximum absolute atomic E-state index is 13.9. The van der Waals surface area contributed by atoms with Crippen LogP contribution in [0.3, 0.4) is 0 Å². The summed E-state index contributed by atoms with van der Waals surface area (Å²) < 4.78 is 67.9. The Hall–Kier alpha value is -3.53. The lowest BCUT2D eigenvalue weighted by Crippen LogP contribution is -2.53. The maximum atomic E-state index is 13.9. The number of anilines is 1. The standard InChI is InChI=1S/C27H28F5N5O3S2/c1-3-19(38)37-10-4-5-14(12-37)36-26(40)24-21-20-17(8-9-18(33)23(20)41-24)27(35,25(39)22(21)34)16-7-6-15(11-13(16)2)42(28,29,30,31)32/h3,6-9,11,14,22H,1,4-5,10,12,33-35H2,2H3,(H,36,40). The Bertz CT molecular complexity index is 1710. The summed E-state index contributed by atoms with van der Waals surface area (Å²) in [6, 6.07) is 2.24. The average Bonchev–Trinajstić information content (AvgIpc) is 3.31. The summed E-state index contributed by atoms with van der Waals surface area (Å²) in [6.07, 6.45) is 2.44. The van der Waals surface area contributed by atoms with Crippen molar-refractivity contribution in [2.75, 3.05) is 18.8 Å². The molecule has 2 heterocycles. The molecule has 0 spiro atoms. The third-order valence-electron chi connectivity index (χ3n) is 7.83. The second kappa shape index (κ2) is 8.99. The number of amides is 2. The van der Waals surface area contributed by atoms with Crippen LogP contribution in [0.1, 0.15) is 50.8 Å². The van der Waals surface area contributed by atoms with Crippen molar-refractivity contribution >= 4 is 54.9 Å². The zero-order valence-corrected chi connectivity index (χ0v) is 23.9. The van der Waals surface area contributed by atoms with Crippen molar-refractivity contribution in [3.63, 3.8) is 0 Å². The molecule has 0 bridgehead atoms. The number of piperidine rings is 1. The summed E-state index contributed by atoms with van der Waals surface area (Å²) in [5.41, 5.74) is 17.3. The highest BCUT2D eigenvalue weighted by Crippen LogP contribution is 3.02. The van der Waals surface area contributed by atoms with Crippen LogP contribution in [0.15, 0.2) is 47.9 Å². The van der Waals surface area contributed by atoms with E-state index in [0.29, 0.717) is 29.5 Å². The van der Waals surface area contributed by atoms with E-state index in [-0.39, 0.29) is 63.4 Å². The van der Waals surface area contributed by atoms with E-state index in [0.717, 1.165) is 24.3 Å². The first-order valence-electron chi connectivity index (χ1n) is 12.8. The maximum Gasteiger partial charge on any atom is 0.310 e. The van der Waals surface area contributed by atoms with Gasteiger partial charge < -0.3 is 27.4 Å². The number of thiophene rings is 1. The van der Waals surface area contributed by atoms with E-state index >= 15 is 0 Å². The molecule has 2 aliphatic rings. The monoisotopic (exact) mass is 629 g/mol. The molecule has 3 aromatic rings. The molecule has 0 radical (unpaired) electrons. The molecule has 1 saturated heterocycles. The zero-order valence-electron chi connectivity index (χ0n) is 22.3. The van der Waals surface area contributed by atoms with Gasteiger partial charge in [0.15, 0.2) is 5.78 Å².